The van der Waals surface area contributed by atoms with Crippen molar-refractivity contribution in [3.63, 3.8) is 0 Å². The van der Waals surface area contributed by atoms with Gasteiger partial charge in [0.1, 0.15) is 11.5 Å². The highest BCUT2D eigenvalue weighted by molar-refractivity contribution is 6.30. The molecule has 1 amide bonds. The van der Waals surface area contributed by atoms with Gasteiger partial charge in [-0.2, -0.15) is 5.10 Å². The van der Waals surface area contributed by atoms with Gasteiger partial charge in [0.15, 0.2) is 5.76 Å². The van der Waals surface area contributed by atoms with E-state index >= 15 is 0 Å². The van der Waals surface area contributed by atoms with Crippen LogP contribution in [0.25, 0.3) is 0 Å². The van der Waals surface area contributed by atoms with Gasteiger partial charge in [0.2, 0.25) is 0 Å². The normalized spacial score (nSPS) is 15.8. The average Bonchev–Trinajstić information content (AvgIpc) is 3.38. The fourth-order valence-corrected chi connectivity index (χ4v) is 4.16. The third-order valence-corrected chi connectivity index (χ3v) is 5.70. The zero-order valence-electron chi connectivity index (χ0n) is 16.4. The van der Waals surface area contributed by atoms with Crippen molar-refractivity contribution in [1.82, 2.24) is 15.1 Å². The number of carbonyl (C=O) groups excluding carboxylic acids is 1. The largest absolute Gasteiger partial charge is 0.497 e. The molecule has 29 heavy (non-hydrogen) atoms. The second-order valence-electron chi connectivity index (χ2n) is 7.45. The highest BCUT2D eigenvalue weighted by atomic mass is 35.5. The van der Waals surface area contributed by atoms with E-state index in [4.69, 9.17) is 20.8 Å². The van der Waals surface area contributed by atoms with E-state index < -0.39 is 0 Å². The summed E-state index contributed by atoms with van der Waals surface area (Å²) in [4.78, 5) is 13.0. The Morgan fingerprint density at radius 3 is 2.62 bits per heavy atom. The van der Waals surface area contributed by atoms with Crippen LogP contribution in [0.15, 0.2) is 53.2 Å². The maximum atomic E-state index is 13.0. The number of nitrogens with zero attached hydrogens (tertiary/aromatic N) is 2. The number of rotatable bonds is 6. The van der Waals surface area contributed by atoms with Crippen molar-refractivity contribution in [3.8, 4) is 5.75 Å². The van der Waals surface area contributed by atoms with Crippen LogP contribution in [0.4, 0.5) is 0 Å². The molecule has 1 N–H and O–H groups in total. The lowest BCUT2D eigenvalue weighted by molar-refractivity contribution is 0.0835. The third kappa shape index (κ3) is 4.32. The molecule has 0 bridgehead atoms. The molecule has 152 valence electrons. The van der Waals surface area contributed by atoms with Crippen LogP contribution in [-0.2, 0) is 12.1 Å². The highest BCUT2D eigenvalue weighted by Crippen LogP contribution is 2.38. The van der Waals surface area contributed by atoms with Crippen LogP contribution in [0.2, 0.25) is 5.02 Å². The van der Waals surface area contributed by atoms with Gasteiger partial charge in [-0.05, 0) is 42.7 Å². The van der Waals surface area contributed by atoms with Gasteiger partial charge in [-0.1, -0.05) is 43.0 Å². The first kappa shape index (κ1) is 19.6. The van der Waals surface area contributed by atoms with E-state index in [1.807, 2.05) is 24.3 Å². The predicted octanol–water partition coefficient (Wildman–Crippen LogP) is 4.78. The lowest BCUT2D eigenvalue weighted by Crippen LogP contribution is -2.47. The minimum Gasteiger partial charge on any atom is -0.497 e. The van der Waals surface area contributed by atoms with Crippen molar-refractivity contribution < 1.29 is 13.9 Å². The van der Waals surface area contributed by atoms with E-state index in [2.05, 4.69) is 10.4 Å². The van der Waals surface area contributed by atoms with E-state index in [0.717, 1.165) is 37.0 Å². The number of amides is 1. The molecule has 0 unspecified atom stereocenters. The molecule has 2 heterocycles. The summed E-state index contributed by atoms with van der Waals surface area (Å²) in [6.07, 6.45) is 8.44. The fourth-order valence-electron chi connectivity index (χ4n) is 4.00. The van der Waals surface area contributed by atoms with E-state index in [1.165, 1.54) is 6.42 Å². The molecule has 2 aromatic heterocycles. The molecule has 1 aromatic carbocycles. The summed E-state index contributed by atoms with van der Waals surface area (Å²) in [6.45, 7) is 0.420. The van der Waals surface area contributed by atoms with Crippen LogP contribution in [0, 0.1) is 0 Å². The number of methoxy groups -OCH3 is 1. The van der Waals surface area contributed by atoms with Crippen LogP contribution in [0.1, 0.15) is 54.0 Å². The maximum absolute atomic E-state index is 13.0. The van der Waals surface area contributed by atoms with Gasteiger partial charge in [-0.3, -0.25) is 9.48 Å². The molecule has 0 spiro atoms. The molecule has 1 fully saturated rings. The Balaban J connectivity index is 1.52. The molecule has 1 saturated carbocycles. The molecule has 0 saturated heterocycles. The van der Waals surface area contributed by atoms with Crippen molar-refractivity contribution in [2.45, 2.75) is 44.2 Å². The third-order valence-electron chi connectivity index (χ3n) is 5.51. The first-order valence-electron chi connectivity index (χ1n) is 9.82. The Bertz CT molecular complexity index is 971. The molecule has 0 aliphatic heterocycles. The summed E-state index contributed by atoms with van der Waals surface area (Å²) >= 11 is 5.90. The number of ether oxygens (including phenoxy) is 1. The monoisotopic (exact) mass is 413 g/mol. The van der Waals surface area contributed by atoms with E-state index in [0.29, 0.717) is 23.1 Å². The molecule has 7 heteroatoms. The zero-order valence-corrected chi connectivity index (χ0v) is 17.1. The number of hydrogen-bond donors (Lipinski definition) is 1. The number of benzene rings is 1. The summed E-state index contributed by atoms with van der Waals surface area (Å²) in [7, 11) is 1.65. The number of nitrogens with one attached hydrogen (secondary N) is 1. The molecule has 1 aliphatic carbocycles. The van der Waals surface area contributed by atoms with Crippen molar-refractivity contribution in [3.05, 3.63) is 70.9 Å². The SMILES string of the molecule is COc1ccc(C2(NC(=O)c3ccc(Cn4cc(Cl)cn4)o3)CCCCC2)cc1. The van der Waals surface area contributed by atoms with Gasteiger partial charge in [0.05, 0.1) is 30.4 Å². The van der Waals surface area contributed by atoms with Gasteiger partial charge in [-0.25, -0.2) is 0 Å². The van der Waals surface area contributed by atoms with Crippen molar-refractivity contribution in [2.75, 3.05) is 7.11 Å². The quantitative estimate of drug-likeness (QED) is 0.631. The Morgan fingerprint density at radius 2 is 1.97 bits per heavy atom. The summed E-state index contributed by atoms with van der Waals surface area (Å²) in [6, 6.07) is 11.5. The summed E-state index contributed by atoms with van der Waals surface area (Å²) in [5.41, 5.74) is 0.716. The maximum Gasteiger partial charge on any atom is 0.287 e. The van der Waals surface area contributed by atoms with E-state index in [9.17, 15) is 4.79 Å². The van der Waals surface area contributed by atoms with E-state index in [-0.39, 0.29) is 11.4 Å². The fraction of sp³-hybridized carbons (Fsp3) is 0.364. The summed E-state index contributed by atoms with van der Waals surface area (Å²) in [5, 5.41) is 7.97. The first-order valence-corrected chi connectivity index (χ1v) is 10.2. The number of furan rings is 1. The molecule has 3 aromatic rings. The topological polar surface area (TPSA) is 69.3 Å². The van der Waals surface area contributed by atoms with Gasteiger partial charge < -0.3 is 14.5 Å². The number of hydrogen-bond acceptors (Lipinski definition) is 4. The predicted molar refractivity (Wildman–Crippen MR) is 110 cm³/mol. The van der Waals surface area contributed by atoms with Crippen LogP contribution in [0.3, 0.4) is 0 Å². The molecule has 1 aliphatic rings. The van der Waals surface area contributed by atoms with Gasteiger partial charge in [-0.15, -0.1) is 0 Å². The van der Waals surface area contributed by atoms with Crippen LogP contribution >= 0.6 is 11.6 Å². The van der Waals surface area contributed by atoms with Crippen LogP contribution < -0.4 is 10.1 Å². The Kier molecular flexibility index (Phi) is 5.62. The Labute approximate surface area is 174 Å². The summed E-state index contributed by atoms with van der Waals surface area (Å²) < 4.78 is 12.7. The number of aromatic nitrogens is 2. The minimum absolute atomic E-state index is 0.201. The van der Waals surface area contributed by atoms with Crippen LogP contribution in [0.5, 0.6) is 5.75 Å². The lowest BCUT2D eigenvalue weighted by Gasteiger charge is -2.38. The molecular formula is C22H24ClN3O3. The molecule has 4 rings (SSSR count). The lowest BCUT2D eigenvalue weighted by atomic mass is 9.76. The minimum atomic E-state index is -0.385. The number of carbonyl (C=O) groups is 1. The zero-order chi connectivity index (χ0) is 20.3. The number of halogens is 1. The van der Waals surface area contributed by atoms with Crippen molar-refractivity contribution in [2.24, 2.45) is 0 Å². The Morgan fingerprint density at radius 1 is 1.21 bits per heavy atom. The van der Waals surface area contributed by atoms with Crippen molar-refractivity contribution in [1.29, 1.82) is 0 Å². The molecular weight excluding hydrogens is 390 g/mol. The van der Waals surface area contributed by atoms with Gasteiger partial charge in [0.25, 0.3) is 5.91 Å². The summed E-state index contributed by atoms with van der Waals surface area (Å²) in [5.74, 6) is 1.56. The standard InChI is InChI=1S/C22H24ClN3O3/c1-28-18-7-5-16(6-8-18)22(11-3-2-4-12-22)25-21(27)20-10-9-19(29-20)15-26-14-17(23)13-24-26/h5-10,13-14H,2-4,11-12,15H2,1H3,(H,25,27). The Hall–Kier alpha value is -2.73. The molecule has 6 nitrogen and oxygen atoms in total. The first-order chi connectivity index (χ1) is 14.1. The molecule has 0 radical (unpaired) electrons. The van der Waals surface area contributed by atoms with Gasteiger partial charge in [0, 0.05) is 6.20 Å². The van der Waals surface area contributed by atoms with Gasteiger partial charge >= 0.3 is 0 Å². The van der Waals surface area contributed by atoms with E-state index in [1.54, 1.807) is 36.3 Å². The highest BCUT2D eigenvalue weighted by Gasteiger charge is 2.36. The second kappa shape index (κ2) is 8.33. The van der Waals surface area contributed by atoms with Crippen molar-refractivity contribution >= 4 is 17.5 Å². The molecule has 0 atom stereocenters. The average molecular weight is 414 g/mol. The second-order valence-corrected chi connectivity index (χ2v) is 7.88. The smallest absolute Gasteiger partial charge is 0.287 e. The van der Waals surface area contributed by atoms with Crippen LogP contribution in [-0.4, -0.2) is 22.8 Å².